The predicted molar refractivity (Wildman–Crippen MR) is 217 cm³/mol. The molecule has 11 nitrogen and oxygen atoms in total. The molecule has 0 aromatic heterocycles. The summed E-state index contributed by atoms with van der Waals surface area (Å²) >= 11 is 5.04. The van der Waals surface area contributed by atoms with Crippen LogP contribution in [0.15, 0.2) is 0 Å². The summed E-state index contributed by atoms with van der Waals surface area (Å²) in [5.74, 6) is 0.0000141. The molecule has 2 aliphatic heterocycles. The molecule has 14 heteroatoms. The molecule has 54 heavy (non-hydrogen) atoms. The summed E-state index contributed by atoms with van der Waals surface area (Å²) in [4.78, 5) is 54.9. The van der Waals surface area contributed by atoms with Crippen molar-refractivity contribution in [2.75, 3.05) is 26.4 Å². The summed E-state index contributed by atoms with van der Waals surface area (Å²) in [6.45, 7) is 8.75. The number of carbonyl (C=O) groups is 5. The van der Waals surface area contributed by atoms with Gasteiger partial charge in [-0.1, -0.05) is 105 Å². The highest BCUT2D eigenvalue weighted by molar-refractivity contribution is 7.10. The van der Waals surface area contributed by atoms with Gasteiger partial charge in [0.15, 0.2) is 11.2 Å². The summed E-state index contributed by atoms with van der Waals surface area (Å²) in [6.07, 6.45) is 24.2. The average Bonchev–Trinajstić information content (AvgIpc) is 4.07. The van der Waals surface area contributed by atoms with Crippen LogP contribution in [0.1, 0.15) is 169 Å². The van der Waals surface area contributed by atoms with Crippen molar-refractivity contribution < 1.29 is 52.3 Å². The van der Waals surface area contributed by atoms with Crippen LogP contribution >= 0.6 is 30.5 Å². The minimum Gasteiger partial charge on any atom is -0.461 e. The van der Waals surface area contributed by atoms with Crippen LogP contribution in [0.4, 0.5) is 0 Å². The van der Waals surface area contributed by atoms with E-state index in [9.17, 15) is 24.0 Å². The predicted octanol–water partition coefficient (Wildman–Crippen LogP) is 8.93. The van der Waals surface area contributed by atoms with Gasteiger partial charge in [-0.05, 0) is 43.7 Å². The first kappa shape index (κ1) is 50.8. The maximum Gasteiger partial charge on any atom is 0.309 e. The lowest BCUT2D eigenvalue weighted by atomic mass is 9.88. The summed E-state index contributed by atoms with van der Waals surface area (Å²) in [6, 6.07) is 0. The van der Waals surface area contributed by atoms with Crippen LogP contribution in [0.2, 0.25) is 0 Å². The number of hydrogen-bond acceptors (Lipinski definition) is 11. The lowest BCUT2D eigenvalue weighted by molar-refractivity contribution is -0.166. The third kappa shape index (κ3) is 23.8. The third-order valence-electron chi connectivity index (χ3n) is 9.84. The second-order valence-corrected chi connectivity index (χ2v) is 17.3. The van der Waals surface area contributed by atoms with Gasteiger partial charge in [0.2, 0.25) is 5.24 Å². The number of Topliss-reactive ketones (excluding diaryl/α,β-unsaturated/α-hetero) is 1. The van der Waals surface area contributed by atoms with Gasteiger partial charge in [-0.3, -0.25) is 24.0 Å². The molecule has 1 N–H and O–H groups in total. The molecular formula is C40H71ClO11P2. The number of hydrogen-bond donors (Lipinski definition) is 1. The molecule has 0 aromatic rings. The van der Waals surface area contributed by atoms with Gasteiger partial charge in [-0.25, -0.2) is 0 Å². The molecule has 314 valence electrons. The lowest BCUT2D eigenvalue weighted by Gasteiger charge is -2.25. The molecule has 0 amide bonds. The van der Waals surface area contributed by atoms with E-state index >= 15 is 0 Å². The number of unbranched alkanes of at least 4 members (excludes halogenated alkanes) is 12. The Morgan fingerprint density at radius 2 is 1.15 bits per heavy atom. The number of esters is 3. The first-order valence-electron chi connectivity index (χ1n) is 20.2. The van der Waals surface area contributed by atoms with Crippen molar-refractivity contribution in [1.82, 2.24) is 0 Å². The Bertz CT molecular complexity index is 1110. The standard InChI is InChI=1S/C20H40O.C10H15O5P.C6H11O4P.C4H5ClO/c1-5-6-7-8-9-10-11-12-13-14-15-16-17-18-19(21)20(2,3)4;11-8-3-4-10(15-8,6-14-16)5-13-9(12)7-1-2-7;7-3-6(4-9-11)2-1-5(8)10-6;5-4(6)3-1-2-3/h5-18H2,1-4H3;7H,1-6,16H2;7H,1-4,11H2;3H,1-2H2. The van der Waals surface area contributed by atoms with Gasteiger partial charge in [-0.2, -0.15) is 0 Å². The van der Waals surface area contributed by atoms with E-state index in [0.29, 0.717) is 31.5 Å². The van der Waals surface area contributed by atoms with E-state index in [4.69, 9.17) is 40.0 Å². The Hall–Kier alpha value is -1.22. The lowest BCUT2D eigenvalue weighted by Crippen LogP contribution is -2.39. The fourth-order valence-electron chi connectivity index (χ4n) is 5.78. The monoisotopic (exact) mass is 824 g/mol. The normalized spacial score (nSPS) is 21.7. The number of cyclic esters (lactones) is 2. The van der Waals surface area contributed by atoms with Gasteiger partial charge in [-0.15, -0.1) is 0 Å². The first-order chi connectivity index (χ1) is 25.7. The number of rotatable bonds is 23. The number of ketones is 1. The molecular weight excluding hydrogens is 754 g/mol. The molecule has 2 saturated heterocycles. The molecule has 0 spiro atoms. The van der Waals surface area contributed by atoms with E-state index in [1.807, 2.05) is 20.8 Å². The minimum absolute atomic E-state index is 0.0612. The van der Waals surface area contributed by atoms with Crippen LogP contribution < -0.4 is 0 Å². The van der Waals surface area contributed by atoms with Crippen molar-refractivity contribution in [1.29, 1.82) is 0 Å². The number of halogens is 1. The van der Waals surface area contributed by atoms with Gasteiger partial charge in [0.1, 0.15) is 12.4 Å². The molecule has 4 atom stereocenters. The second-order valence-electron chi connectivity index (χ2n) is 16.2. The Kier molecular flexibility index (Phi) is 26.6. The van der Waals surface area contributed by atoms with Crippen LogP contribution in [0.5, 0.6) is 0 Å². The molecule has 4 rings (SSSR count). The summed E-state index contributed by atoms with van der Waals surface area (Å²) in [5, 5.41) is 8.74. The Morgan fingerprint density at radius 3 is 1.48 bits per heavy atom. The molecule has 4 aliphatic rings. The minimum atomic E-state index is -0.779. The van der Waals surface area contributed by atoms with Crippen molar-refractivity contribution in [3.63, 3.8) is 0 Å². The van der Waals surface area contributed by atoms with E-state index in [2.05, 4.69) is 25.9 Å². The van der Waals surface area contributed by atoms with Gasteiger partial charge >= 0.3 is 17.9 Å². The molecule has 0 radical (unpaired) electrons. The third-order valence-corrected chi connectivity index (χ3v) is 10.5. The van der Waals surface area contributed by atoms with Crippen molar-refractivity contribution in [3.8, 4) is 0 Å². The number of aliphatic hydroxyl groups excluding tert-OH is 1. The van der Waals surface area contributed by atoms with Gasteiger partial charge in [0.05, 0.1) is 25.7 Å². The SMILES string of the molecule is CCCCCCCCCCCCCCCC(=O)C(C)(C)C.O=C(Cl)C1CC1.O=C1CCC(CO)(COP)O1.O=C1CCC(COP)(COC(=O)C2CC2)O1. The van der Waals surface area contributed by atoms with Crippen molar-refractivity contribution in [2.45, 2.75) is 180 Å². The fraction of sp³-hybridized carbons (Fsp3) is 0.875. The molecule has 4 fully saturated rings. The van der Waals surface area contributed by atoms with Gasteiger partial charge < -0.3 is 28.4 Å². The quantitative estimate of drug-likeness (QED) is 0.0346. The summed E-state index contributed by atoms with van der Waals surface area (Å²) < 4.78 is 24.9. The zero-order valence-corrected chi connectivity index (χ0v) is 36.7. The fourth-order valence-corrected chi connectivity index (χ4v) is 6.61. The van der Waals surface area contributed by atoms with Crippen LogP contribution in [0.25, 0.3) is 0 Å². The number of aliphatic hydroxyl groups is 1. The Morgan fingerprint density at radius 1 is 0.722 bits per heavy atom. The van der Waals surface area contributed by atoms with Crippen LogP contribution in [-0.4, -0.2) is 71.7 Å². The molecule has 2 heterocycles. The maximum atomic E-state index is 11.8. The highest BCUT2D eigenvalue weighted by Crippen LogP contribution is 2.33. The molecule has 2 aliphatic carbocycles. The largest absolute Gasteiger partial charge is 0.461 e. The van der Waals surface area contributed by atoms with Crippen molar-refractivity contribution >= 4 is 59.5 Å². The van der Waals surface area contributed by atoms with Crippen LogP contribution in [0.3, 0.4) is 0 Å². The highest BCUT2D eigenvalue weighted by Gasteiger charge is 2.43. The topological polar surface area (TPSA) is 152 Å². The first-order valence-corrected chi connectivity index (χ1v) is 21.6. The maximum absolute atomic E-state index is 11.8. The number of carbonyl (C=O) groups excluding carboxylic acids is 5. The molecule has 2 saturated carbocycles. The van der Waals surface area contributed by atoms with Crippen molar-refractivity contribution in [2.24, 2.45) is 17.3 Å². The Labute approximate surface area is 334 Å². The average molecular weight is 825 g/mol. The molecule has 0 bridgehead atoms. The van der Waals surface area contributed by atoms with E-state index in [-0.39, 0.29) is 66.8 Å². The van der Waals surface area contributed by atoms with E-state index < -0.39 is 11.2 Å². The smallest absolute Gasteiger partial charge is 0.309 e. The highest BCUT2D eigenvalue weighted by atomic mass is 35.5. The van der Waals surface area contributed by atoms with E-state index in [1.165, 1.54) is 77.0 Å². The summed E-state index contributed by atoms with van der Waals surface area (Å²) in [7, 11) is 4.18. The van der Waals surface area contributed by atoms with Crippen LogP contribution in [0, 0.1) is 17.3 Å². The number of ether oxygens (including phenoxy) is 3. The van der Waals surface area contributed by atoms with E-state index in [1.54, 1.807) is 0 Å². The Balaban J connectivity index is 0.000000387. The van der Waals surface area contributed by atoms with E-state index in [0.717, 1.165) is 38.5 Å². The van der Waals surface area contributed by atoms with Gasteiger partial charge in [0, 0.05) is 62.4 Å². The zero-order chi connectivity index (χ0) is 40.5. The zero-order valence-electron chi connectivity index (χ0n) is 33.6. The van der Waals surface area contributed by atoms with Crippen LogP contribution in [-0.2, 0) is 47.2 Å². The molecule has 0 aromatic carbocycles. The van der Waals surface area contributed by atoms with Gasteiger partial charge in [0.25, 0.3) is 0 Å². The molecule has 4 unspecified atom stereocenters. The van der Waals surface area contributed by atoms with Crippen molar-refractivity contribution in [3.05, 3.63) is 0 Å². The summed E-state index contributed by atoms with van der Waals surface area (Å²) in [5.41, 5.74) is -1.70. The second kappa shape index (κ2) is 28.2.